The number of carbonyl (C=O) groups excluding carboxylic acids is 1. The first-order valence-corrected chi connectivity index (χ1v) is 7.57. The van der Waals surface area contributed by atoms with Crippen LogP contribution in [0.3, 0.4) is 0 Å². The number of aromatic nitrogens is 1. The van der Waals surface area contributed by atoms with Crippen LogP contribution in [0.25, 0.3) is 0 Å². The monoisotopic (exact) mass is 369 g/mol. The van der Waals surface area contributed by atoms with E-state index in [9.17, 15) is 19.7 Å². The number of pyridine rings is 1. The molecule has 0 fully saturated rings. The summed E-state index contributed by atoms with van der Waals surface area (Å²) in [5.74, 6) is -1.73. The third kappa shape index (κ3) is 5.74. The zero-order valence-electron chi connectivity index (χ0n) is 14.0. The quantitative estimate of drug-likeness (QED) is 0.231. The van der Waals surface area contributed by atoms with Gasteiger partial charge in [-0.15, -0.1) is 0 Å². The highest BCUT2D eigenvalue weighted by atomic mass is 16.6. The minimum atomic E-state index is -1.27. The molecule has 10 heteroatoms. The van der Waals surface area contributed by atoms with Gasteiger partial charge in [-0.3, -0.25) is 30.7 Å². The lowest BCUT2D eigenvalue weighted by Gasteiger charge is -2.11. The van der Waals surface area contributed by atoms with Crippen molar-refractivity contribution in [1.29, 1.82) is 0 Å². The van der Waals surface area contributed by atoms with Gasteiger partial charge in [0.1, 0.15) is 5.69 Å². The Bertz CT molecular complexity index is 894. The van der Waals surface area contributed by atoms with E-state index in [1.54, 1.807) is 18.2 Å². The predicted octanol–water partition coefficient (Wildman–Crippen LogP) is 1.72. The third-order valence-corrected chi connectivity index (χ3v) is 3.21. The maximum absolute atomic E-state index is 11.8. The fourth-order valence-electron chi connectivity index (χ4n) is 1.87. The number of hydrogen-bond acceptors (Lipinski definition) is 6. The topological polar surface area (TPSA) is 147 Å². The summed E-state index contributed by atoms with van der Waals surface area (Å²) in [5, 5.41) is 19.5. The maximum Gasteiger partial charge on any atom is 0.331 e. The van der Waals surface area contributed by atoms with E-state index < -0.39 is 23.2 Å². The van der Waals surface area contributed by atoms with E-state index >= 15 is 0 Å². The van der Waals surface area contributed by atoms with Gasteiger partial charge in [0.15, 0.2) is 5.84 Å². The average molecular weight is 369 g/mol. The molecule has 0 aliphatic rings. The van der Waals surface area contributed by atoms with Crippen molar-refractivity contribution in [3.63, 3.8) is 0 Å². The molecule has 3 N–H and O–H groups in total. The first-order valence-electron chi connectivity index (χ1n) is 7.57. The second-order valence-electron chi connectivity index (χ2n) is 5.21. The molecule has 0 saturated carbocycles. The van der Waals surface area contributed by atoms with Gasteiger partial charge in [-0.05, 0) is 24.3 Å². The van der Waals surface area contributed by atoms with E-state index in [0.717, 1.165) is 0 Å². The number of non-ortho nitro benzene ring substituents is 1. The lowest BCUT2D eigenvalue weighted by atomic mass is 10.2. The molecule has 0 radical (unpaired) electrons. The summed E-state index contributed by atoms with van der Waals surface area (Å²) in [6.45, 7) is 3.28. The number of benzene rings is 1. The highest BCUT2D eigenvalue weighted by Crippen LogP contribution is 2.18. The first-order chi connectivity index (χ1) is 12.9. The number of aliphatic carboxylic acids is 1. The Labute approximate surface area is 153 Å². The number of nitrogens with one attached hydrogen (secondary N) is 2. The van der Waals surface area contributed by atoms with Crippen molar-refractivity contribution >= 4 is 29.1 Å². The number of amidine groups is 1. The largest absolute Gasteiger partial charge is 0.478 e. The van der Waals surface area contributed by atoms with Gasteiger partial charge >= 0.3 is 5.97 Å². The van der Waals surface area contributed by atoms with Gasteiger partial charge in [0.2, 0.25) is 5.91 Å². The zero-order valence-corrected chi connectivity index (χ0v) is 14.0. The van der Waals surface area contributed by atoms with E-state index in [0.29, 0.717) is 11.4 Å². The second-order valence-corrected chi connectivity index (χ2v) is 5.21. The summed E-state index contributed by atoms with van der Waals surface area (Å²) >= 11 is 0. The van der Waals surface area contributed by atoms with Crippen molar-refractivity contribution in [1.82, 2.24) is 15.8 Å². The normalized spacial score (nSPS) is 10.7. The van der Waals surface area contributed by atoms with Crippen LogP contribution in [0, 0.1) is 10.1 Å². The molecule has 27 heavy (non-hydrogen) atoms. The fourth-order valence-corrected chi connectivity index (χ4v) is 1.87. The van der Waals surface area contributed by atoms with Crippen molar-refractivity contribution in [2.45, 2.75) is 6.42 Å². The number of amides is 1. The second kappa shape index (κ2) is 8.85. The molecule has 0 aliphatic carbocycles. The number of hydrogen-bond donors (Lipinski definition) is 3. The highest BCUT2D eigenvalue weighted by molar-refractivity contribution is 6.00. The summed E-state index contributed by atoms with van der Waals surface area (Å²) in [6.07, 6.45) is 1.12. The number of nitro groups is 1. The fraction of sp³-hybridized carbons (Fsp3) is 0.0588. The van der Waals surface area contributed by atoms with Crippen LogP contribution in [0.4, 0.5) is 11.4 Å². The lowest BCUT2D eigenvalue weighted by molar-refractivity contribution is -0.384. The maximum atomic E-state index is 11.8. The summed E-state index contributed by atoms with van der Waals surface area (Å²) in [7, 11) is 0. The molecule has 1 aromatic carbocycles. The van der Waals surface area contributed by atoms with Crippen LogP contribution in [0.5, 0.6) is 0 Å². The number of carbonyl (C=O) groups is 2. The Morgan fingerprint density at radius 1 is 1.19 bits per heavy atom. The van der Waals surface area contributed by atoms with Crippen LogP contribution in [-0.4, -0.2) is 32.7 Å². The zero-order chi connectivity index (χ0) is 19.8. The van der Waals surface area contributed by atoms with Crippen molar-refractivity contribution in [3.05, 3.63) is 76.6 Å². The number of carboxylic acid groups (broad SMARTS) is 1. The van der Waals surface area contributed by atoms with Gasteiger partial charge in [-0.1, -0.05) is 12.6 Å². The molecule has 1 aromatic heterocycles. The van der Waals surface area contributed by atoms with Crippen molar-refractivity contribution in [2.24, 2.45) is 4.99 Å². The minimum Gasteiger partial charge on any atom is -0.478 e. The highest BCUT2D eigenvalue weighted by Gasteiger charge is 2.12. The Kier molecular flexibility index (Phi) is 6.31. The van der Waals surface area contributed by atoms with Crippen LogP contribution in [-0.2, 0) is 9.59 Å². The van der Waals surface area contributed by atoms with Crippen molar-refractivity contribution in [2.75, 3.05) is 0 Å². The Hall–Kier alpha value is -4.08. The number of rotatable bonds is 6. The Morgan fingerprint density at radius 2 is 1.89 bits per heavy atom. The van der Waals surface area contributed by atoms with Gasteiger partial charge in [0, 0.05) is 23.9 Å². The standard InChI is InChI=1S/C17H15N5O5/c1-11(17(24)25)10-15(23)20-21-16(14-4-2-3-9-18-14)19-12-5-7-13(8-6-12)22(26)27/h2-9H,1,10H2,(H,19,21)(H,20,23)(H,24,25). The molecule has 1 amide bonds. The SMILES string of the molecule is C=C(CC(=O)NNC(=Nc1ccc([N+](=O)[O-])cc1)c1ccccn1)C(=O)O. The van der Waals surface area contributed by atoms with Gasteiger partial charge in [0.25, 0.3) is 5.69 Å². The molecule has 0 bridgehead atoms. The molecule has 1 heterocycles. The van der Waals surface area contributed by atoms with E-state index in [4.69, 9.17) is 5.11 Å². The third-order valence-electron chi connectivity index (χ3n) is 3.21. The van der Waals surface area contributed by atoms with Crippen molar-refractivity contribution in [3.8, 4) is 0 Å². The molecule has 10 nitrogen and oxygen atoms in total. The Morgan fingerprint density at radius 3 is 2.44 bits per heavy atom. The van der Waals surface area contributed by atoms with Crippen LogP contribution in [0.15, 0.2) is 65.8 Å². The molecule has 0 spiro atoms. The first kappa shape index (κ1) is 19.2. The summed E-state index contributed by atoms with van der Waals surface area (Å²) < 4.78 is 0. The van der Waals surface area contributed by atoms with E-state index in [2.05, 4.69) is 27.4 Å². The van der Waals surface area contributed by atoms with Gasteiger partial charge in [-0.25, -0.2) is 9.79 Å². The molecular weight excluding hydrogens is 354 g/mol. The number of aliphatic imine (C=N–C) groups is 1. The molecule has 0 unspecified atom stereocenters. The summed E-state index contributed by atoms with van der Waals surface area (Å²) in [6, 6.07) is 10.5. The van der Waals surface area contributed by atoms with Crippen LogP contribution >= 0.6 is 0 Å². The molecule has 0 saturated heterocycles. The van der Waals surface area contributed by atoms with Gasteiger partial charge in [-0.2, -0.15) is 0 Å². The summed E-state index contributed by atoms with van der Waals surface area (Å²) in [4.78, 5) is 41.1. The molecular formula is C17H15N5O5. The number of nitrogens with zero attached hydrogens (tertiary/aromatic N) is 3. The van der Waals surface area contributed by atoms with Crippen LogP contribution < -0.4 is 10.9 Å². The predicted molar refractivity (Wildman–Crippen MR) is 96.2 cm³/mol. The van der Waals surface area contributed by atoms with Crippen molar-refractivity contribution < 1.29 is 19.6 Å². The number of carboxylic acids is 1. The average Bonchev–Trinajstić information content (AvgIpc) is 2.66. The van der Waals surface area contributed by atoms with E-state index in [1.165, 1.54) is 30.5 Å². The van der Waals surface area contributed by atoms with Crippen LogP contribution in [0.1, 0.15) is 12.1 Å². The smallest absolute Gasteiger partial charge is 0.331 e. The molecule has 2 aromatic rings. The van der Waals surface area contributed by atoms with E-state index in [-0.39, 0.29) is 17.1 Å². The molecule has 0 aliphatic heterocycles. The van der Waals surface area contributed by atoms with E-state index in [1.807, 2.05) is 0 Å². The minimum absolute atomic E-state index is 0.0817. The molecule has 138 valence electrons. The Balaban J connectivity index is 2.19. The van der Waals surface area contributed by atoms with Gasteiger partial charge in [0.05, 0.1) is 17.0 Å². The molecule has 2 rings (SSSR count). The lowest BCUT2D eigenvalue weighted by Crippen LogP contribution is -2.42. The van der Waals surface area contributed by atoms with Gasteiger partial charge < -0.3 is 5.11 Å². The number of hydrazine groups is 1. The molecule has 0 atom stereocenters. The summed E-state index contributed by atoms with van der Waals surface area (Å²) in [5.41, 5.74) is 5.35. The number of nitro benzene ring substituents is 1. The van der Waals surface area contributed by atoms with Crippen LogP contribution in [0.2, 0.25) is 0 Å².